The van der Waals surface area contributed by atoms with E-state index in [1.807, 2.05) is 6.92 Å². The highest BCUT2D eigenvalue weighted by molar-refractivity contribution is 4.89. The van der Waals surface area contributed by atoms with Gasteiger partial charge in [-0.3, -0.25) is 0 Å². The Labute approximate surface area is 42.5 Å². The largest absolute Gasteiger partial charge is 0.403 e. The van der Waals surface area contributed by atoms with Crippen molar-refractivity contribution in [3.8, 4) is 12.0 Å². The molecule has 0 N–H and O–H groups in total. The summed E-state index contributed by atoms with van der Waals surface area (Å²) in [5.41, 5.74) is 0. The molecule has 0 fully saturated rings. The number of rotatable bonds is 1. The van der Waals surface area contributed by atoms with E-state index >= 15 is 0 Å². The highest BCUT2D eigenvalue weighted by Gasteiger charge is 1.68. The molecule has 0 aromatic carbocycles. The smallest absolute Gasteiger partial charge is 0.315 e. The van der Waals surface area contributed by atoms with Gasteiger partial charge in [0.1, 0.15) is 6.11 Å². The molecule has 0 spiro atoms. The van der Waals surface area contributed by atoms with Crippen molar-refractivity contribution < 1.29 is 9.13 Å². The highest BCUT2D eigenvalue weighted by Crippen LogP contribution is 1.76. The molecule has 0 aromatic rings. The van der Waals surface area contributed by atoms with Crippen LogP contribution in [-0.4, -0.2) is 0 Å². The van der Waals surface area contributed by atoms with Gasteiger partial charge in [-0.2, -0.15) is 4.39 Å². The highest BCUT2D eigenvalue weighted by atomic mass is 19.1. The molecule has 0 aliphatic rings. The lowest BCUT2D eigenvalue weighted by Gasteiger charge is -1.76. The van der Waals surface area contributed by atoms with Crippen molar-refractivity contribution in [1.82, 2.24) is 0 Å². The second kappa shape index (κ2) is 5.29. The lowest BCUT2D eigenvalue weighted by atomic mass is 10.5. The van der Waals surface area contributed by atoms with Crippen LogP contribution in [0.25, 0.3) is 0 Å². The average molecular weight is 101 g/mol. The minimum Gasteiger partial charge on any atom is -0.403 e. The minimum atomic E-state index is 0.0582. The fourth-order valence-corrected chi connectivity index (χ4v) is 0.136. The van der Waals surface area contributed by atoms with Crippen molar-refractivity contribution in [3.05, 3.63) is 6.86 Å². The molecule has 0 saturated heterocycles. The van der Waals surface area contributed by atoms with Crippen LogP contribution in [0.15, 0.2) is 0 Å². The molecule has 0 aromatic heterocycles. The van der Waals surface area contributed by atoms with E-state index < -0.39 is 0 Å². The number of ether oxygens (including phenoxy) is 1. The summed E-state index contributed by atoms with van der Waals surface area (Å²) >= 11 is 0. The second-order valence-electron chi connectivity index (χ2n) is 0.839. The van der Waals surface area contributed by atoms with Gasteiger partial charge in [-0.25, -0.2) is 0 Å². The molecule has 2 heteroatoms. The molecular formula is C5H6FO. The van der Waals surface area contributed by atoms with Crippen molar-refractivity contribution in [2.24, 2.45) is 0 Å². The summed E-state index contributed by atoms with van der Waals surface area (Å²) in [6.07, 6.45) is 2.79. The lowest BCUT2D eigenvalue weighted by Crippen LogP contribution is -1.65. The van der Waals surface area contributed by atoms with Crippen molar-refractivity contribution >= 4 is 0 Å². The molecule has 39 valence electrons. The summed E-state index contributed by atoms with van der Waals surface area (Å²) in [6.45, 7) is 1.91. The van der Waals surface area contributed by atoms with Crippen LogP contribution in [0.3, 0.4) is 0 Å². The third kappa shape index (κ3) is 5.29. The van der Waals surface area contributed by atoms with E-state index in [9.17, 15) is 4.39 Å². The summed E-state index contributed by atoms with van der Waals surface area (Å²) in [5, 5.41) is 0. The van der Waals surface area contributed by atoms with Crippen LogP contribution in [-0.2, 0) is 4.74 Å². The average Bonchev–Trinajstić information content (AvgIpc) is 1.69. The molecule has 0 atom stereocenters. The quantitative estimate of drug-likeness (QED) is 0.454. The zero-order valence-electron chi connectivity index (χ0n) is 4.07. The number of hydrogen-bond donors (Lipinski definition) is 0. The monoisotopic (exact) mass is 101 g/mol. The maximum absolute atomic E-state index is 10.9. The maximum atomic E-state index is 10.9. The molecule has 1 radical (unpaired) electrons. The first kappa shape index (κ1) is 6.29. The van der Waals surface area contributed by atoms with Crippen LogP contribution >= 0.6 is 0 Å². The Kier molecular flexibility index (Phi) is 4.75. The Morgan fingerprint density at radius 1 is 1.86 bits per heavy atom. The first-order valence-electron chi connectivity index (χ1n) is 1.97. The van der Waals surface area contributed by atoms with Gasteiger partial charge in [0, 0.05) is 6.42 Å². The SMILES string of the molecule is CCC#CO[CH]F. The molecule has 7 heavy (non-hydrogen) atoms. The molecule has 0 amide bonds. The molecule has 0 aliphatic carbocycles. The molecule has 0 heterocycles. The molecule has 0 aliphatic heterocycles. The second-order valence-corrected chi connectivity index (χ2v) is 0.839. The predicted octanol–water partition coefficient (Wildman–Crippen LogP) is 1.46. The zero-order chi connectivity index (χ0) is 5.54. The van der Waals surface area contributed by atoms with E-state index in [0.717, 1.165) is 0 Å². The Morgan fingerprint density at radius 2 is 2.57 bits per heavy atom. The predicted molar refractivity (Wildman–Crippen MR) is 24.6 cm³/mol. The van der Waals surface area contributed by atoms with E-state index in [1.165, 1.54) is 0 Å². The van der Waals surface area contributed by atoms with E-state index in [0.29, 0.717) is 6.42 Å². The van der Waals surface area contributed by atoms with Gasteiger partial charge in [-0.1, -0.05) is 12.8 Å². The Balaban J connectivity index is 2.91. The van der Waals surface area contributed by atoms with E-state index in [4.69, 9.17) is 0 Å². The molecule has 0 saturated carbocycles. The van der Waals surface area contributed by atoms with Gasteiger partial charge in [0.05, 0.1) is 0 Å². The maximum Gasteiger partial charge on any atom is 0.315 e. The molecule has 0 rings (SSSR count). The fourth-order valence-electron chi connectivity index (χ4n) is 0.136. The minimum absolute atomic E-state index is 0.0582. The van der Waals surface area contributed by atoms with Crippen molar-refractivity contribution in [2.75, 3.05) is 0 Å². The van der Waals surface area contributed by atoms with E-state index in [-0.39, 0.29) is 6.86 Å². The molecule has 0 unspecified atom stereocenters. The normalized spacial score (nSPS) is 6.57. The molecular weight excluding hydrogens is 95.1 g/mol. The van der Waals surface area contributed by atoms with Crippen LogP contribution in [0.1, 0.15) is 13.3 Å². The third-order valence-corrected chi connectivity index (χ3v) is 0.352. The van der Waals surface area contributed by atoms with Crippen LogP contribution in [0.4, 0.5) is 4.39 Å². The summed E-state index contributed by atoms with van der Waals surface area (Å²) in [5.74, 6) is 2.51. The summed E-state index contributed by atoms with van der Waals surface area (Å²) in [4.78, 5) is 0. The fraction of sp³-hybridized carbons (Fsp3) is 0.400. The standard InChI is InChI=1S/C5H6FO/c1-2-3-4-7-5-6/h5H,2H2,1H3. The van der Waals surface area contributed by atoms with Crippen molar-refractivity contribution in [2.45, 2.75) is 13.3 Å². The van der Waals surface area contributed by atoms with Gasteiger partial charge < -0.3 is 4.74 Å². The van der Waals surface area contributed by atoms with Crippen LogP contribution in [0, 0.1) is 18.9 Å². The van der Waals surface area contributed by atoms with Gasteiger partial charge in [0.25, 0.3) is 0 Å². The zero-order valence-corrected chi connectivity index (χ0v) is 4.07. The van der Waals surface area contributed by atoms with Gasteiger partial charge in [0.15, 0.2) is 0 Å². The Hall–Kier alpha value is -0.710. The van der Waals surface area contributed by atoms with Crippen LogP contribution < -0.4 is 0 Å². The van der Waals surface area contributed by atoms with Gasteiger partial charge in [-0.05, 0) is 0 Å². The summed E-state index contributed by atoms with van der Waals surface area (Å²) in [7, 11) is 0. The van der Waals surface area contributed by atoms with Gasteiger partial charge >= 0.3 is 6.86 Å². The van der Waals surface area contributed by atoms with Crippen molar-refractivity contribution in [3.63, 3.8) is 0 Å². The van der Waals surface area contributed by atoms with Crippen LogP contribution in [0.5, 0.6) is 0 Å². The van der Waals surface area contributed by atoms with Crippen LogP contribution in [0.2, 0.25) is 0 Å². The van der Waals surface area contributed by atoms with Crippen molar-refractivity contribution in [1.29, 1.82) is 0 Å². The Bertz CT molecular complexity index is 79.8. The third-order valence-electron chi connectivity index (χ3n) is 0.352. The first-order valence-corrected chi connectivity index (χ1v) is 1.97. The Morgan fingerprint density at radius 3 is 3.00 bits per heavy atom. The molecule has 0 bridgehead atoms. The van der Waals surface area contributed by atoms with Gasteiger partial charge in [0.2, 0.25) is 0 Å². The summed E-state index contributed by atoms with van der Waals surface area (Å²) in [6, 6.07) is 0. The topological polar surface area (TPSA) is 9.23 Å². The van der Waals surface area contributed by atoms with E-state index in [2.05, 4.69) is 16.8 Å². The summed E-state index contributed by atoms with van der Waals surface area (Å²) < 4.78 is 14.8. The van der Waals surface area contributed by atoms with E-state index in [1.54, 1.807) is 0 Å². The number of halogens is 1. The lowest BCUT2D eigenvalue weighted by molar-refractivity contribution is 0.253. The van der Waals surface area contributed by atoms with Gasteiger partial charge in [-0.15, -0.1) is 0 Å². The number of hydrogen-bond acceptors (Lipinski definition) is 1. The first-order chi connectivity index (χ1) is 3.41. The molecule has 1 nitrogen and oxygen atoms in total.